The van der Waals surface area contributed by atoms with Crippen molar-refractivity contribution in [1.29, 1.82) is 0 Å². The maximum atomic E-state index is 8.49. The molecule has 0 aliphatic rings. The predicted molar refractivity (Wildman–Crippen MR) is 33.6 cm³/mol. The first kappa shape index (κ1) is 12.9. The highest BCUT2D eigenvalue weighted by Crippen LogP contribution is 1.87. The van der Waals surface area contributed by atoms with Crippen molar-refractivity contribution in [3.8, 4) is 0 Å². The zero-order chi connectivity index (χ0) is 11.2. The van der Waals surface area contributed by atoms with Gasteiger partial charge in [-0.15, -0.1) is 10.2 Å². The van der Waals surface area contributed by atoms with Crippen LogP contribution < -0.4 is 33.9 Å². The first-order chi connectivity index (χ1) is 6.34. The largest absolute Gasteiger partial charge is 0.339 e. The maximum Gasteiger partial charge on any atom is 0.311 e. The zero-order valence-corrected chi connectivity index (χ0v) is 8.01. The van der Waals surface area contributed by atoms with Crippen LogP contribution in [0.5, 0.6) is 0 Å². The molecule has 8 heteroatoms. The minimum atomic E-state index is -4.94. The fraction of sp³-hybridized carbons (Fsp3) is 0.167. The monoisotopic (exact) mass is 224 g/mol. The van der Waals surface area contributed by atoms with Gasteiger partial charge in [0.25, 0.3) is 0 Å². The molecule has 0 saturated carbocycles. The van der Waals surface area contributed by atoms with E-state index in [4.69, 9.17) is 29.2 Å². The summed E-state index contributed by atoms with van der Waals surface area (Å²) in [6.45, 7) is 0. The Labute approximate surface area is 82.3 Å². The van der Waals surface area contributed by atoms with Crippen molar-refractivity contribution in [2.24, 2.45) is 0 Å². The van der Waals surface area contributed by atoms with Crippen molar-refractivity contribution in [2.45, 2.75) is 0 Å². The van der Waals surface area contributed by atoms with E-state index in [-0.39, 0.29) is 0 Å². The molecule has 1 aromatic rings. The number of aromatic nitrogens is 1. The standard InChI is InChI=1S/C6H8N2O.ClHO4/c1-9-8-5-3-2-4-6(8)7;2-1(3,4)5/h2-5,7H,1H3;(H,2,3,4,5). The Bertz CT molecular complexity index is 271. The highest BCUT2D eigenvalue weighted by atomic mass is 35.7. The van der Waals surface area contributed by atoms with Crippen molar-refractivity contribution in [2.75, 3.05) is 12.8 Å². The van der Waals surface area contributed by atoms with Gasteiger partial charge in [0.15, 0.2) is 0 Å². The molecule has 14 heavy (non-hydrogen) atoms. The average molecular weight is 225 g/mol. The lowest BCUT2D eigenvalue weighted by atomic mass is 10.5. The summed E-state index contributed by atoms with van der Waals surface area (Å²) in [6, 6.07) is 5.47. The second kappa shape index (κ2) is 5.58. The van der Waals surface area contributed by atoms with Gasteiger partial charge in [-0.2, -0.15) is 0 Å². The van der Waals surface area contributed by atoms with Crippen LogP contribution in [-0.2, 0) is 0 Å². The molecule has 0 bridgehead atoms. The second-order valence-electron chi connectivity index (χ2n) is 2.01. The van der Waals surface area contributed by atoms with Crippen LogP contribution in [0.1, 0.15) is 0 Å². The van der Waals surface area contributed by atoms with E-state index in [2.05, 4.69) is 0 Å². The molecule has 0 saturated heterocycles. The molecule has 0 aliphatic carbocycles. The van der Waals surface area contributed by atoms with Crippen molar-refractivity contribution in [1.82, 2.24) is 0 Å². The predicted octanol–water partition coefficient (Wildman–Crippen LogP) is -5.14. The Hall–Kier alpha value is -1.12. The molecule has 0 fully saturated rings. The van der Waals surface area contributed by atoms with E-state index in [0.29, 0.717) is 5.82 Å². The number of nitrogens with zero attached hydrogens (tertiary/aromatic N) is 1. The summed E-state index contributed by atoms with van der Waals surface area (Å²) in [5, 5.41) is 0. The number of halogens is 1. The zero-order valence-electron chi connectivity index (χ0n) is 7.25. The molecule has 80 valence electrons. The number of rotatable bonds is 1. The number of anilines is 1. The van der Waals surface area contributed by atoms with Gasteiger partial charge in [-0.05, 0) is 6.07 Å². The van der Waals surface area contributed by atoms with Gasteiger partial charge in [0, 0.05) is 6.07 Å². The molecular weight excluding hydrogens is 216 g/mol. The summed E-state index contributed by atoms with van der Waals surface area (Å²) in [4.78, 5) is 4.84. The number of hydrogen-bond acceptors (Lipinski definition) is 6. The summed E-state index contributed by atoms with van der Waals surface area (Å²) in [7, 11) is -3.38. The molecule has 0 radical (unpaired) electrons. The Morgan fingerprint density at radius 1 is 1.29 bits per heavy atom. The van der Waals surface area contributed by atoms with E-state index in [1.165, 1.54) is 4.73 Å². The fourth-order valence-electron chi connectivity index (χ4n) is 0.608. The summed E-state index contributed by atoms with van der Waals surface area (Å²) in [5.74, 6) is 0.597. The molecule has 1 aromatic heterocycles. The number of pyridine rings is 1. The molecule has 0 aromatic carbocycles. The van der Waals surface area contributed by atoms with Gasteiger partial charge >= 0.3 is 5.82 Å². The lowest BCUT2D eigenvalue weighted by molar-refractivity contribution is -2.00. The Morgan fingerprint density at radius 2 is 1.79 bits per heavy atom. The van der Waals surface area contributed by atoms with Crippen LogP contribution in [0, 0.1) is 10.2 Å². The molecule has 1 heterocycles. The van der Waals surface area contributed by atoms with Crippen molar-refractivity contribution < 1.29 is 38.4 Å². The van der Waals surface area contributed by atoms with E-state index in [1.807, 2.05) is 12.1 Å². The molecule has 2 N–H and O–H groups in total. The van der Waals surface area contributed by atoms with Gasteiger partial charge in [-0.3, -0.25) is 5.73 Å². The van der Waals surface area contributed by atoms with Crippen LogP contribution in [0.2, 0.25) is 0 Å². The third-order valence-corrected chi connectivity index (χ3v) is 1.05. The van der Waals surface area contributed by atoms with Crippen LogP contribution in [0.15, 0.2) is 24.4 Å². The lowest BCUT2D eigenvalue weighted by Crippen LogP contribution is -2.68. The molecule has 0 atom stereocenters. The first-order valence-corrected chi connectivity index (χ1v) is 4.50. The summed E-state index contributed by atoms with van der Waals surface area (Å²) in [5.41, 5.74) is 5.47. The SMILES string of the molecule is CO[n+]1ccccc1N.[O-][Cl+3]([O-])([O-])[O-]. The summed E-state index contributed by atoms with van der Waals surface area (Å²) >= 11 is 0. The van der Waals surface area contributed by atoms with Gasteiger partial charge in [-0.1, -0.05) is 10.8 Å². The minimum Gasteiger partial charge on any atom is -0.339 e. The third kappa shape index (κ3) is 7.53. The van der Waals surface area contributed by atoms with E-state index in [1.54, 1.807) is 19.4 Å². The maximum absolute atomic E-state index is 8.49. The van der Waals surface area contributed by atoms with E-state index in [9.17, 15) is 0 Å². The summed E-state index contributed by atoms with van der Waals surface area (Å²) in [6.07, 6.45) is 1.75. The Morgan fingerprint density at radius 3 is 2.07 bits per heavy atom. The quantitative estimate of drug-likeness (QED) is 0.475. The number of nitrogen functional groups attached to an aromatic ring is 1. The van der Waals surface area contributed by atoms with E-state index >= 15 is 0 Å². The Kier molecular flexibility index (Phi) is 5.13. The molecule has 0 amide bonds. The van der Waals surface area contributed by atoms with Gasteiger partial charge in [-0.25, -0.2) is 18.6 Å². The first-order valence-electron chi connectivity index (χ1n) is 3.27. The topological polar surface area (TPSA) is 131 Å². The van der Waals surface area contributed by atoms with Crippen LogP contribution in [0.3, 0.4) is 0 Å². The number of hydrogen-bond donors (Lipinski definition) is 1. The summed E-state index contributed by atoms with van der Waals surface area (Å²) < 4.78 is 35.5. The normalized spacial score (nSPS) is 10.1. The van der Waals surface area contributed by atoms with Crippen molar-refractivity contribution in [3.63, 3.8) is 0 Å². The van der Waals surface area contributed by atoms with Gasteiger partial charge in [0.2, 0.25) is 0 Å². The van der Waals surface area contributed by atoms with Crippen molar-refractivity contribution >= 4 is 5.82 Å². The second-order valence-corrected chi connectivity index (χ2v) is 2.77. The van der Waals surface area contributed by atoms with Crippen LogP contribution in [0.4, 0.5) is 5.82 Å². The molecule has 0 unspecified atom stereocenters. The molecule has 7 nitrogen and oxygen atoms in total. The molecule has 0 spiro atoms. The molecule has 1 rings (SSSR count). The third-order valence-electron chi connectivity index (χ3n) is 1.05. The van der Waals surface area contributed by atoms with E-state index in [0.717, 1.165) is 0 Å². The highest BCUT2D eigenvalue weighted by molar-refractivity contribution is 5.18. The van der Waals surface area contributed by atoms with Crippen LogP contribution in [0.25, 0.3) is 0 Å². The lowest BCUT2D eigenvalue weighted by Gasteiger charge is -2.17. The van der Waals surface area contributed by atoms with Crippen molar-refractivity contribution in [3.05, 3.63) is 24.4 Å². The molecular formula is C6H9ClN2O5. The van der Waals surface area contributed by atoms with Gasteiger partial charge < -0.3 is 4.84 Å². The smallest absolute Gasteiger partial charge is 0.311 e. The molecule has 0 aliphatic heterocycles. The van der Waals surface area contributed by atoms with Crippen LogP contribution in [-0.4, -0.2) is 7.11 Å². The Balaban J connectivity index is 0.000000292. The fourth-order valence-corrected chi connectivity index (χ4v) is 0.608. The van der Waals surface area contributed by atoms with Crippen LogP contribution >= 0.6 is 0 Å². The van der Waals surface area contributed by atoms with Gasteiger partial charge in [0.05, 0.1) is 0 Å². The average Bonchev–Trinajstić information content (AvgIpc) is 2.02. The minimum absolute atomic E-state index is 0.597. The van der Waals surface area contributed by atoms with E-state index < -0.39 is 10.2 Å². The van der Waals surface area contributed by atoms with Gasteiger partial charge in [0.1, 0.15) is 13.3 Å². The number of nitrogens with two attached hydrogens (primary N) is 1. The highest BCUT2D eigenvalue weighted by Gasteiger charge is 1.97.